The fourth-order valence-corrected chi connectivity index (χ4v) is 4.28. The second-order valence-electron chi connectivity index (χ2n) is 6.30. The van der Waals surface area contributed by atoms with Gasteiger partial charge in [0, 0.05) is 12.3 Å². The van der Waals surface area contributed by atoms with Crippen molar-refractivity contribution < 1.29 is 4.79 Å². The van der Waals surface area contributed by atoms with Gasteiger partial charge in [-0.05, 0) is 42.4 Å². The molecule has 15 heavy (non-hydrogen) atoms. The van der Waals surface area contributed by atoms with Crippen LogP contribution in [-0.2, 0) is 4.79 Å². The van der Waals surface area contributed by atoms with Crippen LogP contribution in [0.5, 0.6) is 0 Å². The lowest BCUT2D eigenvalue weighted by atomic mass is 9.50. The Morgan fingerprint density at radius 3 is 2.47 bits per heavy atom. The van der Waals surface area contributed by atoms with E-state index in [1.807, 2.05) is 0 Å². The van der Waals surface area contributed by atoms with Gasteiger partial charge in [-0.3, -0.25) is 4.79 Å². The second-order valence-corrected chi connectivity index (χ2v) is 6.30. The lowest BCUT2D eigenvalue weighted by molar-refractivity contribution is -0.138. The van der Waals surface area contributed by atoms with Crippen molar-refractivity contribution in [1.82, 2.24) is 0 Å². The Morgan fingerprint density at radius 1 is 1.20 bits per heavy atom. The average molecular weight is 204 g/mol. The lowest BCUT2D eigenvalue weighted by Gasteiger charge is -2.54. The molecule has 0 amide bonds. The Labute approximate surface area is 91.9 Å². The molecule has 4 rings (SSSR count). The van der Waals surface area contributed by atoms with Gasteiger partial charge in [0.05, 0.1) is 0 Å². The van der Waals surface area contributed by atoms with Gasteiger partial charge in [0.2, 0.25) is 0 Å². The number of rotatable bonds is 0. The third-order valence-corrected chi connectivity index (χ3v) is 5.04. The van der Waals surface area contributed by atoms with Crippen LogP contribution in [-0.4, -0.2) is 5.78 Å². The number of hydrogen-bond acceptors (Lipinski definition) is 1. The third kappa shape index (κ3) is 1.25. The maximum Gasteiger partial charge on any atom is 0.136 e. The first-order chi connectivity index (χ1) is 7.09. The topological polar surface area (TPSA) is 17.1 Å². The Bertz CT molecular complexity index is 326. The van der Waals surface area contributed by atoms with Gasteiger partial charge in [-0.25, -0.2) is 0 Å². The number of allylic oxidation sites excluding steroid dienone is 2. The van der Waals surface area contributed by atoms with Crippen LogP contribution in [0, 0.1) is 29.1 Å². The zero-order chi connectivity index (χ0) is 10.6. The quantitative estimate of drug-likeness (QED) is 0.554. The predicted octanol–water partition coefficient (Wildman–Crippen LogP) is 3.20. The van der Waals surface area contributed by atoms with E-state index >= 15 is 0 Å². The van der Waals surface area contributed by atoms with E-state index in [2.05, 4.69) is 26.0 Å². The summed E-state index contributed by atoms with van der Waals surface area (Å²) in [5.74, 6) is 2.84. The summed E-state index contributed by atoms with van der Waals surface area (Å²) in [7, 11) is 0. The van der Waals surface area contributed by atoms with Crippen molar-refractivity contribution in [3.63, 3.8) is 0 Å². The zero-order valence-corrected chi connectivity index (χ0v) is 9.70. The van der Waals surface area contributed by atoms with Crippen LogP contribution >= 0.6 is 0 Å². The summed E-state index contributed by atoms with van der Waals surface area (Å²) in [5.41, 5.74) is 0.382. The number of Topliss-reactive ketones (excluding diaryl/α,β-unsaturated/α-hetero) is 1. The summed E-state index contributed by atoms with van der Waals surface area (Å²) in [6.45, 7) is 4.73. The number of fused-ring (bicyclic) bond motifs is 1. The Hall–Kier alpha value is -0.590. The molecule has 0 radical (unpaired) electrons. The molecule has 0 saturated heterocycles. The molecular formula is C14H20O. The van der Waals surface area contributed by atoms with Gasteiger partial charge in [-0.2, -0.15) is 0 Å². The fraction of sp³-hybridized carbons (Fsp3) is 0.786. The maximum atomic E-state index is 12.1. The van der Waals surface area contributed by atoms with E-state index in [0.29, 0.717) is 34.9 Å². The highest BCUT2D eigenvalue weighted by atomic mass is 16.1. The van der Waals surface area contributed by atoms with E-state index in [4.69, 9.17) is 0 Å². The molecule has 0 aromatic rings. The molecule has 0 aromatic carbocycles. The van der Waals surface area contributed by atoms with E-state index in [-0.39, 0.29) is 0 Å². The van der Waals surface area contributed by atoms with Gasteiger partial charge in [0.1, 0.15) is 5.78 Å². The minimum atomic E-state index is 0.373. The molecule has 0 aromatic heterocycles. The van der Waals surface area contributed by atoms with Gasteiger partial charge in [0.15, 0.2) is 0 Å². The first kappa shape index (κ1) is 9.62. The van der Waals surface area contributed by atoms with Gasteiger partial charge in [-0.1, -0.05) is 26.0 Å². The van der Waals surface area contributed by atoms with Crippen molar-refractivity contribution in [2.24, 2.45) is 29.1 Å². The molecular weight excluding hydrogens is 184 g/mol. The number of carbonyl (C=O) groups is 1. The molecule has 1 heteroatoms. The predicted molar refractivity (Wildman–Crippen MR) is 60.4 cm³/mol. The highest BCUT2D eigenvalue weighted by Crippen LogP contribution is 2.56. The van der Waals surface area contributed by atoms with E-state index in [1.54, 1.807) is 0 Å². The van der Waals surface area contributed by atoms with Crippen LogP contribution in [0.2, 0.25) is 0 Å². The summed E-state index contributed by atoms with van der Waals surface area (Å²) in [5, 5.41) is 0. The second kappa shape index (κ2) is 2.96. The van der Waals surface area contributed by atoms with Gasteiger partial charge in [0.25, 0.3) is 0 Å². The minimum Gasteiger partial charge on any atom is -0.299 e. The normalized spacial score (nSPS) is 46.7. The first-order valence-electron chi connectivity index (χ1n) is 6.31. The van der Waals surface area contributed by atoms with Crippen LogP contribution in [0.25, 0.3) is 0 Å². The molecule has 2 saturated carbocycles. The molecule has 82 valence electrons. The average Bonchev–Trinajstić information content (AvgIpc) is 2.25. The number of hydrogen-bond donors (Lipinski definition) is 0. The van der Waals surface area contributed by atoms with E-state index < -0.39 is 0 Å². The van der Waals surface area contributed by atoms with Crippen molar-refractivity contribution in [3.8, 4) is 0 Å². The lowest BCUT2D eigenvalue weighted by Crippen LogP contribution is -2.51. The van der Waals surface area contributed by atoms with Crippen LogP contribution in [0.1, 0.15) is 39.5 Å². The molecule has 0 unspecified atom stereocenters. The van der Waals surface area contributed by atoms with Crippen LogP contribution < -0.4 is 0 Å². The minimum absolute atomic E-state index is 0.373. The summed E-state index contributed by atoms with van der Waals surface area (Å²) in [6, 6.07) is 0. The maximum absolute atomic E-state index is 12.1. The summed E-state index contributed by atoms with van der Waals surface area (Å²) in [6.07, 6.45) is 9.22. The van der Waals surface area contributed by atoms with Crippen molar-refractivity contribution in [3.05, 3.63) is 12.2 Å². The Balaban J connectivity index is 2.03. The van der Waals surface area contributed by atoms with Gasteiger partial charge < -0.3 is 0 Å². The summed E-state index contributed by atoms with van der Waals surface area (Å²) < 4.78 is 0. The third-order valence-electron chi connectivity index (χ3n) is 5.04. The number of carbonyl (C=O) groups excluding carboxylic acids is 1. The Kier molecular flexibility index (Phi) is 1.90. The molecule has 1 nitrogen and oxygen atoms in total. The van der Waals surface area contributed by atoms with E-state index in [9.17, 15) is 4.79 Å². The van der Waals surface area contributed by atoms with Gasteiger partial charge in [-0.15, -0.1) is 0 Å². The molecule has 4 aliphatic rings. The molecule has 0 N–H and O–H groups in total. The van der Waals surface area contributed by atoms with Crippen molar-refractivity contribution in [2.45, 2.75) is 39.5 Å². The Morgan fingerprint density at radius 2 is 1.87 bits per heavy atom. The van der Waals surface area contributed by atoms with Crippen molar-refractivity contribution >= 4 is 5.78 Å². The van der Waals surface area contributed by atoms with Crippen molar-refractivity contribution in [1.29, 1.82) is 0 Å². The summed E-state index contributed by atoms with van der Waals surface area (Å²) in [4.78, 5) is 12.1. The smallest absolute Gasteiger partial charge is 0.136 e. The standard InChI is InChI=1S/C14H20O/c1-14(2)8-7-11(15)12-9-3-5-10(6-4-9)13(12)14/h3,5,9-10,12-13H,4,6-8H2,1-2H3/t9-,10+,12+,13+/m1/s1. The van der Waals surface area contributed by atoms with Crippen LogP contribution in [0.3, 0.4) is 0 Å². The molecule has 0 spiro atoms. The molecule has 0 aliphatic heterocycles. The van der Waals surface area contributed by atoms with E-state index in [1.165, 1.54) is 12.8 Å². The largest absolute Gasteiger partial charge is 0.299 e. The van der Waals surface area contributed by atoms with Gasteiger partial charge >= 0.3 is 0 Å². The fourth-order valence-electron chi connectivity index (χ4n) is 4.28. The van der Waals surface area contributed by atoms with Crippen LogP contribution in [0.4, 0.5) is 0 Å². The first-order valence-corrected chi connectivity index (χ1v) is 6.31. The van der Waals surface area contributed by atoms with Crippen LogP contribution in [0.15, 0.2) is 12.2 Å². The number of ketones is 1. The molecule has 4 atom stereocenters. The van der Waals surface area contributed by atoms with Crippen molar-refractivity contribution in [2.75, 3.05) is 0 Å². The monoisotopic (exact) mass is 204 g/mol. The molecule has 2 fully saturated rings. The SMILES string of the molecule is CC1(C)CCC(=O)[C@H]2[C@@H]1[C@H]1C=C[C@@H]2CC1. The zero-order valence-electron chi connectivity index (χ0n) is 9.70. The van der Waals surface area contributed by atoms with E-state index in [0.717, 1.165) is 12.8 Å². The molecule has 0 heterocycles. The summed E-state index contributed by atoms with van der Waals surface area (Å²) >= 11 is 0. The molecule has 2 bridgehead atoms. The molecule has 4 aliphatic carbocycles. The highest BCUT2D eigenvalue weighted by molar-refractivity contribution is 5.83. The highest BCUT2D eigenvalue weighted by Gasteiger charge is 2.52.